The lowest BCUT2D eigenvalue weighted by molar-refractivity contribution is 0.0939. The molecule has 1 atom stereocenters. The fourth-order valence-electron chi connectivity index (χ4n) is 1.86. The van der Waals surface area contributed by atoms with Crippen LogP contribution in [-0.4, -0.2) is 16.0 Å². The maximum atomic E-state index is 12.2. The molecule has 2 aromatic rings. The summed E-state index contributed by atoms with van der Waals surface area (Å²) in [5.41, 5.74) is 2.00. The number of nitrogens with zero attached hydrogens (tertiary/aromatic N) is 1. The molecule has 0 fully saturated rings. The van der Waals surface area contributed by atoms with Crippen LogP contribution in [0, 0.1) is 6.92 Å². The van der Waals surface area contributed by atoms with E-state index in [1.165, 1.54) is 0 Å². The monoisotopic (exact) mass is 256 g/mol. The minimum absolute atomic E-state index is 0.127. The standard InChI is InChI=1S/C15H16N2O2/c1-10-13(6-3-7-14(10)18)15(19)17-11(2)12-5-4-8-16-9-12/h3-9,11,18H,1-2H3,(H,17,19). The largest absolute Gasteiger partial charge is 0.508 e. The number of hydrogen-bond donors (Lipinski definition) is 2. The number of hydrogen-bond acceptors (Lipinski definition) is 3. The van der Waals surface area contributed by atoms with Crippen LogP contribution in [0.2, 0.25) is 0 Å². The molecule has 4 heteroatoms. The SMILES string of the molecule is Cc1c(O)cccc1C(=O)NC(C)c1cccnc1. The van der Waals surface area contributed by atoms with Crippen molar-refractivity contribution >= 4 is 5.91 Å². The predicted octanol–water partition coefficient (Wildman–Crippen LogP) is 2.59. The van der Waals surface area contributed by atoms with Gasteiger partial charge in [-0.05, 0) is 37.6 Å². The lowest BCUT2D eigenvalue weighted by atomic mass is 10.1. The summed E-state index contributed by atoms with van der Waals surface area (Å²) in [6.45, 7) is 3.62. The molecule has 1 aromatic heterocycles. The Morgan fingerprint density at radius 2 is 2.11 bits per heavy atom. The maximum absolute atomic E-state index is 12.2. The van der Waals surface area contributed by atoms with Gasteiger partial charge in [-0.15, -0.1) is 0 Å². The van der Waals surface area contributed by atoms with E-state index in [9.17, 15) is 9.90 Å². The molecule has 0 saturated carbocycles. The Morgan fingerprint density at radius 1 is 1.32 bits per heavy atom. The lowest BCUT2D eigenvalue weighted by Gasteiger charge is -2.15. The van der Waals surface area contributed by atoms with Gasteiger partial charge < -0.3 is 10.4 Å². The van der Waals surface area contributed by atoms with Crippen molar-refractivity contribution in [3.05, 3.63) is 59.4 Å². The summed E-state index contributed by atoms with van der Waals surface area (Å²) in [6, 6.07) is 8.52. The molecule has 19 heavy (non-hydrogen) atoms. The van der Waals surface area contributed by atoms with Gasteiger partial charge in [-0.25, -0.2) is 0 Å². The molecule has 0 radical (unpaired) electrons. The second-order valence-electron chi connectivity index (χ2n) is 4.43. The Kier molecular flexibility index (Phi) is 3.80. The first-order valence-corrected chi connectivity index (χ1v) is 6.09. The van der Waals surface area contributed by atoms with E-state index in [0.29, 0.717) is 11.1 Å². The molecule has 1 amide bonds. The van der Waals surface area contributed by atoms with E-state index >= 15 is 0 Å². The molecule has 0 saturated heterocycles. The Balaban J connectivity index is 2.16. The lowest BCUT2D eigenvalue weighted by Crippen LogP contribution is -2.27. The molecule has 0 spiro atoms. The number of phenols is 1. The summed E-state index contributed by atoms with van der Waals surface area (Å²) in [5, 5.41) is 12.5. The first-order chi connectivity index (χ1) is 9.09. The third kappa shape index (κ3) is 2.91. The smallest absolute Gasteiger partial charge is 0.252 e. The van der Waals surface area contributed by atoms with Gasteiger partial charge in [-0.2, -0.15) is 0 Å². The Labute approximate surface area is 112 Å². The molecule has 1 unspecified atom stereocenters. The molecular formula is C15H16N2O2. The molecule has 1 heterocycles. The van der Waals surface area contributed by atoms with Crippen LogP contribution >= 0.6 is 0 Å². The van der Waals surface area contributed by atoms with E-state index in [0.717, 1.165) is 5.56 Å². The summed E-state index contributed by atoms with van der Waals surface area (Å²) >= 11 is 0. The molecule has 0 bridgehead atoms. The van der Waals surface area contributed by atoms with Crippen LogP contribution in [0.5, 0.6) is 5.75 Å². The fourth-order valence-corrected chi connectivity index (χ4v) is 1.86. The summed E-state index contributed by atoms with van der Waals surface area (Å²) in [6.07, 6.45) is 3.41. The molecular weight excluding hydrogens is 240 g/mol. The zero-order valence-electron chi connectivity index (χ0n) is 10.9. The molecule has 0 aliphatic rings. The Morgan fingerprint density at radius 3 is 2.79 bits per heavy atom. The van der Waals surface area contributed by atoms with Crippen LogP contribution in [0.25, 0.3) is 0 Å². The van der Waals surface area contributed by atoms with E-state index in [2.05, 4.69) is 10.3 Å². The van der Waals surface area contributed by atoms with Crippen LogP contribution in [0.3, 0.4) is 0 Å². The second-order valence-corrected chi connectivity index (χ2v) is 4.43. The minimum Gasteiger partial charge on any atom is -0.508 e. The number of aromatic nitrogens is 1. The van der Waals surface area contributed by atoms with Gasteiger partial charge in [0.15, 0.2) is 0 Å². The van der Waals surface area contributed by atoms with Crippen molar-refractivity contribution in [1.29, 1.82) is 0 Å². The number of nitrogens with one attached hydrogen (secondary N) is 1. The number of pyridine rings is 1. The van der Waals surface area contributed by atoms with Gasteiger partial charge in [-0.3, -0.25) is 9.78 Å². The molecule has 1 aromatic carbocycles. The third-order valence-corrected chi connectivity index (χ3v) is 3.08. The maximum Gasteiger partial charge on any atom is 0.252 e. The van der Waals surface area contributed by atoms with Gasteiger partial charge in [0.2, 0.25) is 0 Å². The van der Waals surface area contributed by atoms with E-state index < -0.39 is 0 Å². The average Bonchev–Trinajstić information content (AvgIpc) is 2.42. The van der Waals surface area contributed by atoms with Gasteiger partial charge in [0, 0.05) is 23.5 Å². The van der Waals surface area contributed by atoms with Crippen molar-refractivity contribution in [2.45, 2.75) is 19.9 Å². The zero-order valence-corrected chi connectivity index (χ0v) is 10.9. The first kappa shape index (κ1) is 13.1. The highest BCUT2D eigenvalue weighted by Crippen LogP contribution is 2.20. The number of rotatable bonds is 3. The van der Waals surface area contributed by atoms with Crippen LogP contribution in [0.4, 0.5) is 0 Å². The molecule has 98 valence electrons. The van der Waals surface area contributed by atoms with Gasteiger partial charge in [0.05, 0.1) is 6.04 Å². The number of aromatic hydroxyl groups is 1. The number of carbonyl (C=O) groups excluding carboxylic acids is 1. The second kappa shape index (κ2) is 5.52. The highest BCUT2D eigenvalue weighted by Gasteiger charge is 2.14. The molecule has 2 rings (SSSR count). The Hall–Kier alpha value is -2.36. The highest BCUT2D eigenvalue weighted by molar-refractivity contribution is 5.96. The van der Waals surface area contributed by atoms with Crippen molar-refractivity contribution in [2.24, 2.45) is 0 Å². The summed E-state index contributed by atoms with van der Waals surface area (Å²) in [4.78, 5) is 16.2. The third-order valence-electron chi connectivity index (χ3n) is 3.08. The van der Waals surface area contributed by atoms with Crippen molar-refractivity contribution in [2.75, 3.05) is 0 Å². The summed E-state index contributed by atoms with van der Waals surface area (Å²) < 4.78 is 0. The highest BCUT2D eigenvalue weighted by atomic mass is 16.3. The zero-order chi connectivity index (χ0) is 13.8. The van der Waals surface area contributed by atoms with E-state index in [-0.39, 0.29) is 17.7 Å². The number of amides is 1. The molecule has 2 N–H and O–H groups in total. The van der Waals surface area contributed by atoms with Crippen molar-refractivity contribution in [3.8, 4) is 5.75 Å². The van der Waals surface area contributed by atoms with E-state index in [4.69, 9.17) is 0 Å². The van der Waals surface area contributed by atoms with Gasteiger partial charge in [-0.1, -0.05) is 12.1 Å². The van der Waals surface area contributed by atoms with Crippen molar-refractivity contribution < 1.29 is 9.90 Å². The Bertz CT molecular complexity index is 582. The topological polar surface area (TPSA) is 62.2 Å². The number of carbonyl (C=O) groups is 1. The molecule has 0 aliphatic carbocycles. The quantitative estimate of drug-likeness (QED) is 0.887. The number of benzene rings is 1. The van der Waals surface area contributed by atoms with Gasteiger partial charge in [0.25, 0.3) is 5.91 Å². The fraction of sp³-hybridized carbons (Fsp3) is 0.200. The molecule has 4 nitrogen and oxygen atoms in total. The van der Waals surface area contributed by atoms with Crippen LogP contribution < -0.4 is 5.32 Å². The molecule has 0 aliphatic heterocycles. The van der Waals surface area contributed by atoms with Crippen LogP contribution in [0.15, 0.2) is 42.7 Å². The predicted molar refractivity (Wildman–Crippen MR) is 73.0 cm³/mol. The number of phenolic OH excluding ortho intramolecular Hbond substituents is 1. The van der Waals surface area contributed by atoms with Crippen molar-refractivity contribution in [3.63, 3.8) is 0 Å². The van der Waals surface area contributed by atoms with Gasteiger partial charge in [0.1, 0.15) is 5.75 Å². The van der Waals surface area contributed by atoms with Crippen LogP contribution in [-0.2, 0) is 0 Å². The van der Waals surface area contributed by atoms with E-state index in [1.54, 1.807) is 37.5 Å². The summed E-state index contributed by atoms with van der Waals surface area (Å²) in [5.74, 6) is -0.0774. The first-order valence-electron chi connectivity index (χ1n) is 6.09. The average molecular weight is 256 g/mol. The normalized spacial score (nSPS) is 11.9. The minimum atomic E-state index is -0.204. The van der Waals surface area contributed by atoms with E-state index in [1.807, 2.05) is 19.1 Å². The summed E-state index contributed by atoms with van der Waals surface area (Å²) in [7, 11) is 0. The van der Waals surface area contributed by atoms with Crippen molar-refractivity contribution in [1.82, 2.24) is 10.3 Å². The van der Waals surface area contributed by atoms with Crippen LogP contribution in [0.1, 0.15) is 34.5 Å². The van der Waals surface area contributed by atoms with Gasteiger partial charge >= 0.3 is 0 Å².